The van der Waals surface area contributed by atoms with Gasteiger partial charge in [-0.3, -0.25) is 19.2 Å². The van der Waals surface area contributed by atoms with E-state index in [9.17, 15) is 24.0 Å². The minimum atomic E-state index is -0.711. The van der Waals surface area contributed by atoms with Crippen LogP contribution < -0.4 is 16.2 Å². The summed E-state index contributed by atoms with van der Waals surface area (Å²) in [6.45, 7) is 0.612. The van der Waals surface area contributed by atoms with Crippen LogP contribution in [0.2, 0.25) is 0 Å². The highest BCUT2D eigenvalue weighted by molar-refractivity contribution is 5.91. The van der Waals surface area contributed by atoms with E-state index in [1.807, 2.05) is 60.7 Å². The Morgan fingerprint density at radius 3 is 1.52 bits per heavy atom. The van der Waals surface area contributed by atoms with Gasteiger partial charge in [0.05, 0.1) is 32.0 Å². The maximum atomic E-state index is 13.9. The van der Waals surface area contributed by atoms with Gasteiger partial charge in [-0.1, -0.05) is 60.7 Å². The van der Waals surface area contributed by atoms with E-state index in [1.165, 1.54) is 52.9 Å². The van der Waals surface area contributed by atoms with Crippen LogP contribution >= 0.6 is 0 Å². The van der Waals surface area contributed by atoms with E-state index >= 15 is 0 Å². The summed E-state index contributed by atoms with van der Waals surface area (Å²) in [4.78, 5) is 76.0. The van der Waals surface area contributed by atoms with E-state index in [-0.39, 0.29) is 70.1 Å². The highest BCUT2D eigenvalue weighted by Gasteiger charge is 2.27. The summed E-state index contributed by atoms with van der Waals surface area (Å²) < 4.78 is 15.8. The molecule has 15 heteroatoms. The Balaban J connectivity index is 1.81. The number of hydrogen-bond acceptors (Lipinski definition) is 9. The average molecular weight is 718 g/mol. The van der Waals surface area contributed by atoms with Crippen molar-refractivity contribution in [3.63, 3.8) is 0 Å². The van der Waals surface area contributed by atoms with Gasteiger partial charge in [0.15, 0.2) is 5.96 Å². The Bertz CT molecular complexity index is 1630. The molecule has 52 heavy (non-hydrogen) atoms. The van der Waals surface area contributed by atoms with Gasteiger partial charge < -0.3 is 45.3 Å². The lowest BCUT2D eigenvalue weighted by atomic mass is 10.2. The number of carbonyl (C=O) groups is 5. The molecule has 4 amide bonds. The predicted molar refractivity (Wildman–Crippen MR) is 194 cm³/mol. The Kier molecular flexibility index (Phi) is 16.7. The number of rotatable bonds is 20. The number of methoxy groups -OCH3 is 2. The third-order valence-electron chi connectivity index (χ3n) is 7.69. The number of esters is 1. The van der Waals surface area contributed by atoms with Crippen LogP contribution in [-0.2, 0) is 46.5 Å². The van der Waals surface area contributed by atoms with Crippen molar-refractivity contribution < 1.29 is 38.2 Å². The van der Waals surface area contributed by atoms with Crippen molar-refractivity contribution in [2.24, 2.45) is 16.5 Å². The topological polar surface area (TPSA) is 190 Å². The van der Waals surface area contributed by atoms with Crippen LogP contribution in [0.4, 0.5) is 5.69 Å². The highest BCUT2D eigenvalue weighted by atomic mass is 16.5. The molecule has 0 unspecified atom stereocenters. The Hall–Kier alpha value is -5.80. The van der Waals surface area contributed by atoms with Gasteiger partial charge in [0.2, 0.25) is 23.6 Å². The Morgan fingerprint density at radius 2 is 1.04 bits per heavy atom. The summed E-state index contributed by atoms with van der Waals surface area (Å²) in [6, 6.07) is 24.4. The molecule has 0 saturated heterocycles. The lowest BCUT2D eigenvalue weighted by Crippen LogP contribution is -2.50. The fourth-order valence-corrected chi connectivity index (χ4v) is 4.96. The molecule has 3 rings (SSSR count). The highest BCUT2D eigenvalue weighted by Crippen LogP contribution is 2.18. The summed E-state index contributed by atoms with van der Waals surface area (Å²) in [5.41, 5.74) is 12.8. The fraction of sp³-hybridized carbons (Fsp3) is 0.351. The van der Waals surface area contributed by atoms with Gasteiger partial charge in [-0.25, -0.2) is 9.79 Å². The summed E-state index contributed by atoms with van der Waals surface area (Å²) in [5.74, 6) is -2.44. The van der Waals surface area contributed by atoms with Crippen molar-refractivity contribution in [2.75, 3.05) is 66.7 Å². The molecule has 278 valence electrons. The molecule has 3 aromatic rings. The third kappa shape index (κ3) is 14.2. The lowest BCUT2D eigenvalue weighted by molar-refractivity contribution is -0.148. The molecular weight excluding hydrogens is 670 g/mol. The summed E-state index contributed by atoms with van der Waals surface area (Å²) >= 11 is 0. The van der Waals surface area contributed by atoms with Crippen LogP contribution in [0.15, 0.2) is 89.9 Å². The van der Waals surface area contributed by atoms with Crippen LogP contribution in [0.5, 0.6) is 5.75 Å². The van der Waals surface area contributed by atoms with Crippen molar-refractivity contribution >= 4 is 41.2 Å². The molecule has 0 fully saturated rings. The predicted octanol–water partition coefficient (Wildman–Crippen LogP) is 1.52. The lowest BCUT2D eigenvalue weighted by Gasteiger charge is -2.31. The van der Waals surface area contributed by atoms with Crippen molar-refractivity contribution in [3.05, 3.63) is 96.1 Å². The van der Waals surface area contributed by atoms with Gasteiger partial charge in [0.25, 0.3) is 0 Å². The molecular formula is C37H47N7O8. The first-order valence-electron chi connectivity index (χ1n) is 16.5. The number of aliphatic imine (C=N–C) groups is 1. The third-order valence-corrected chi connectivity index (χ3v) is 7.69. The smallest absolute Gasteiger partial charge is 0.331 e. The first kappa shape index (κ1) is 40.6. The summed E-state index contributed by atoms with van der Waals surface area (Å²) in [5, 5.41) is 0. The molecule has 0 spiro atoms. The first-order valence-corrected chi connectivity index (χ1v) is 16.5. The second kappa shape index (κ2) is 21.4. The number of carbonyl (C=O) groups excluding carboxylic acids is 5. The van der Waals surface area contributed by atoms with Crippen LogP contribution in [-0.4, -0.2) is 122 Å². The molecule has 4 N–H and O–H groups in total. The Labute approximate surface area is 303 Å². The maximum Gasteiger partial charge on any atom is 0.331 e. The van der Waals surface area contributed by atoms with E-state index in [0.717, 1.165) is 11.1 Å². The number of hydrogen-bond donors (Lipinski definition) is 2. The largest absolute Gasteiger partial charge is 0.425 e. The zero-order chi connectivity index (χ0) is 37.9. The zero-order valence-electron chi connectivity index (χ0n) is 29.8. The molecule has 0 atom stereocenters. The van der Waals surface area contributed by atoms with Crippen molar-refractivity contribution in [3.8, 4) is 5.75 Å². The van der Waals surface area contributed by atoms with Gasteiger partial charge in [0, 0.05) is 47.3 Å². The van der Waals surface area contributed by atoms with Crippen LogP contribution in [0.3, 0.4) is 0 Å². The SMILES string of the molecule is COCCN(CC(=O)N(CC(=O)N(CCOC)CC(=O)N(CC(=O)Oc1ccc(N=C(N)N)cc1)Cc1ccccc1)Cc1ccccc1)C(C)=O. The van der Waals surface area contributed by atoms with E-state index in [0.29, 0.717) is 5.69 Å². The van der Waals surface area contributed by atoms with E-state index < -0.39 is 36.8 Å². The molecule has 0 bridgehead atoms. The molecule has 0 aromatic heterocycles. The maximum absolute atomic E-state index is 13.9. The number of nitrogens with two attached hydrogens (primary N) is 2. The quantitative estimate of drug-likeness (QED) is 0.0750. The monoisotopic (exact) mass is 717 g/mol. The number of nitrogens with zero attached hydrogens (tertiary/aromatic N) is 5. The van der Waals surface area contributed by atoms with E-state index in [4.69, 9.17) is 25.7 Å². The molecule has 15 nitrogen and oxygen atoms in total. The normalized spacial score (nSPS) is 10.5. The molecule has 0 aliphatic heterocycles. The number of ether oxygens (including phenoxy) is 3. The first-order chi connectivity index (χ1) is 25.0. The van der Waals surface area contributed by atoms with E-state index in [1.54, 1.807) is 12.1 Å². The van der Waals surface area contributed by atoms with Crippen LogP contribution in [0.1, 0.15) is 18.1 Å². The zero-order valence-corrected chi connectivity index (χ0v) is 29.8. The summed E-state index contributed by atoms with van der Waals surface area (Å²) in [7, 11) is 2.96. The fourth-order valence-electron chi connectivity index (χ4n) is 4.96. The average Bonchev–Trinajstić information content (AvgIpc) is 3.12. The van der Waals surface area contributed by atoms with Gasteiger partial charge in [-0.2, -0.15) is 0 Å². The number of guanidine groups is 1. The molecule has 0 heterocycles. The van der Waals surface area contributed by atoms with Gasteiger partial charge in [-0.05, 0) is 35.4 Å². The van der Waals surface area contributed by atoms with Crippen LogP contribution in [0.25, 0.3) is 0 Å². The summed E-state index contributed by atoms with van der Waals surface area (Å²) in [6.07, 6.45) is 0. The van der Waals surface area contributed by atoms with Crippen molar-refractivity contribution in [1.29, 1.82) is 0 Å². The second-order valence-corrected chi connectivity index (χ2v) is 11.7. The van der Waals surface area contributed by atoms with Gasteiger partial charge in [-0.15, -0.1) is 0 Å². The van der Waals surface area contributed by atoms with E-state index in [2.05, 4.69) is 4.99 Å². The van der Waals surface area contributed by atoms with Gasteiger partial charge in [0.1, 0.15) is 18.8 Å². The molecule has 0 saturated carbocycles. The standard InChI is InChI=1S/C37H47N7O8/c1-28(45)41(18-20-50-2)24-34(47)43(22-29-10-6-4-7-11-29)26-33(46)42(19-21-51-3)25-35(48)44(23-30-12-8-5-9-13-30)27-36(49)52-32-16-14-31(15-17-32)40-37(38)39/h4-17H,18-27H2,1-3H3,(H4,38,39,40). The van der Waals surface area contributed by atoms with Crippen LogP contribution in [0, 0.1) is 0 Å². The molecule has 0 radical (unpaired) electrons. The van der Waals surface area contributed by atoms with Gasteiger partial charge >= 0.3 is 5.97 Å². The minimum Gasteiger partial charge on any atom is -0.425 e. The minimum absolute atomic E-state index is 0.0353. The Morgan fingerprint density at radius 1 is 0.596 bits per heavy atom. The molecule has 0 aliphatic carbocycles. The number of amides is 4. The second-order valence-electron chi connectivity index (χ2n) is 11.7. The number of benzene rings is 3. The van der Waals surface area contributed by atoms with Crippen molar-refractivity contribution in [2.45, 2.75) is 20.0 Å². The molecule has 0 aliphatic rings. The van der Waals surface area contributed by atoms with Crippen molar-refractivity contribution in [1.82, 2.24) is 19.6 Å². The molecule has 3 aromatic carbocycles.